The number of anilines is 1. The van der Waals surface area contributed by atoms with Crippen molar-refractivity contribution >= 4 is 17.6 Å². The summed E-state index contributed by atoms with van der Waals surface area (Å²) in [6.07, 6.45) is 2.40. The van der Waals surface area contributed by atoms with Crippen LogP contribution in [0.3, 0.4) is 0 Å². The molecule has 2 heterocycles. The SMILES string of the molecule is COc1c(C)c2c(c(N)c1C/C=C1\COCC1CC(=O)O)C(=O)OC2. The van der Waals surface area contributed by atoms with Crippen LogP contribution in [-0.2, 0) is 27.3 Å². The van der Waals surface area contributed by atoms with Gasteiger partial charge in [-0.25, -0.2) is 4.79 Å². The highest BCUT2D eigenvalue weighted by Gasteiger charge is 2.31. The van der Waals surface area contributed by atoms with Crippen molar-refractivity contribution in [1.82, 2.24) is 0 Å². The Morgan fingerprint density at radius 2 is 2.20 bits per heavy atom. The first-order valence-corrected chi connectivity index (χ1v) is 8.07. The van der Waals surface area contributed by atoms with Crippen LogP contribution >= 0.6 is 0 Å². The number of carboxylic acids is 1. The Hall–Kier alpha value is -2.54. The Kier molecular flexibility index (Phi) is 4.67. The molecule has 0 amide bonds. The van der Waals surface area contributed by atoms with Crippen LogP contribution in [0.25, 0.3) is 0 Å². The van der Waals surface area contributed by atoms with Gasteiger partial charge in [-0.2, -0.15) is 0 Å². The summed E-state index contributed by atoms with van der Waals surface area (Å²) in [4.78, 5) is 22.9. The fraction of sp³-hybridized carbons (Fsp3) is 0.444. The number of rotatable bonds is 5. The van der Waals surface area contributed by atoms with Crippen molar-refractivity contribution in [3.05, 3.63) is 33.9 Å². The van der Waals surface area contributed by atoms with Gasteiger partial charge in [-0.1, -0.05) is 6.08 Å². The minimum Gasteiger partial charge on any atom is -0.496 e. The van der Waals surface area contributed by atoms with Crippen LogP contribution in [0.15, 0.2) is 11.6 Å². The van der Waals surface area contributed by atoms with E-state index in [1.165, 1.54) is 0 Å². The number of benzene rings is 1. The maximum atomic E-state index is 12.0. The monoisotopic (exact) mass is 347 g/mol. The number of nitrogens with two attached hydrogens (primary N) is 1. The number of carbonyl (C=O) groups excluding carboxylic acids is 1. The van der Waals surface area contributed by atoms with E-state index >= 15 is 0 Å². The van der Waals surface area contributed by atoms with Gasteiger partial charge in [0.05, 0.1) is 38.0 Å². The zero-order chi connectivity index (χ0) is 18.1. The number of ether oxygens (including phenoxy) is 3. The fourth-order valence-corrected chi connectivity index (χ4v) is 3.49. The van der Waals surface area contributed by atoms with Crippen molar-refractivity contribution < 1.29 is 28.9 Å². The number of allylic oxidation sites excluding steroid dienone is 1. The lowest BCUT2D eigenvalue weighted by atomic mass is 9.92. The van der Waals surface area contributed by atoms with Crippen LogP contribution in [0.1, 0.15) is 33.5 Å². The molecule has 0 spiro atoms. The zero-order valence-electron chi connectivity index (χ0n) is 14.3. The lowest BCUT2D eigenvalue weighted by Gasteiger charge is -2.17. The number of esters is 1. The molecule has 2 aliphatic heterocycles. The smallest absolute Gasteiger partial charge is 0.341 e. The molecule has 1 fully saturated rings. The van der Waals surface area contributed by atoms with Gasteiger partial charge >= 0.3 is 11.9 Å². The second kappa shape index (κ2) is 6.76. The number of hydrogen-bond acceptors (Lipinski definition) is 6. The third kappa shape index (κ3) is 3.07. The lowest BCUT2D eigenvalue weighted by molar-refractivity contribution is -0.137. The fourth-order valence-electron chi connectivity index (χ4n) is 3.49. The van der Waals surface area contributed by atoms with Crippen molar-refractivity contribution in [1.29, 1.82) is 0 Å². The molecule has 1 atom stereocenters. The molecule has 0 saturated carbocycles. The van der Waals surface area contributed by atoms with Crippen molar-refractivity contribution in [2.45, 2.75) is 26.4 Å². The van der Waals surface area contributed by atoms with Gasteiger partial charge in [-0.3, -0.25) is 4.79 Å². The Morgan fingerprint density at radius 3 is 2.88 bits per heavy atom. The van der Waals surface area contributed by atoms with Gasteiger partial charge in [0.1, 0.15) is 12.4 Å². The highest BCUT2D eigenvalue weighted by atomic mass is 16.5. The average Bonchev–Trinajstić information content (AvgIpc) is 3.15. The highest BCUT2D eigenvalue weighted by molar-refractivity contribution is 6.00. The first-order chi connectivity index (χ1) is 11.9. The van der Waals surface area contributed by atoms with E-state index in [-0.39, 0.29) is 18.9 Å². The van der Waals surface area contributed by atoms with Gasteiger partial charge in [0.2, 0.25) is 0 Å². The molecule has 0 aromatic heterocycles. The molecule has 1 saturated heterocycles. The van der Waals surface area contributed by atoms with Gasteiger partial charge in [0, 0.05) is 17.0 Å². The van der Waals surface area contributed by atoms with E-state index in [9.17, 15) is 9.59 Å². The average molecular weight is 347 g/mol. The van der Waals surface area contributed by atoms with Crippen LogP contribution in [0.4, 0.5) is 5.69 Å². The molecule has 0 bridgehead atoms. The van der Waals surface area contributed by atoms with Gasteiger partial charge in [-0.05, 0) is 24.5 Å². The summed E-state index contributed by atoms with van der Waals surface area (Å²) >= 11 is 0. The third-order valence-corrected chi connectivity index (χ3v) is 4.82. The topological polar surface area (TPSA) is 108 Å². The quantitative estimate of drug-likeness (QED) is 0.475. The second-order valence-electron chi connectivity index (χ2n) is 6.27. The van der Waals surface area contributed by atoms with E-state index in [1.807, 2.05) is 13.0 Å². The standard InChI is InChI=1S/C18H21NO6/c1-9-13-8-25-18(22)15(13)16(19)12(17(9)23-2)4-3-10-6-24-7-11(10)5-14(20)21/h3,11H,4-8,19H2,1-2H3,(H,20,21)/b10-3+. The second-order valence-corrected chi connectivity index (χ2v) is 6.27. The number of fused-ring (bicyclic) bond motifs is 1. The van der Waals surface area contributed by atoms with Crippen LogP contribution in [-0.4, -0.2) is 37.4 Å². The molecule has 7 nitrogen and oxygen atoms in total. The molecule has 1 aromatic carbocycles. The molecule has 7 heteroatoms. The Morgan fingerprint density at radius 1 is 1.44 bits per heavy atom. The van der Waals surface area contributed by atoms with Crippen molar-refractivity contribution in [2.24, 2.45) is 5.92 Å². The zero-order valence-corrected chi connectivity index (χ0v) is 14.3. The number of carbonyl (C=O) groups is 2. The van der Waals surface area contributed by atoms with Crippen LogP contribution < -0.4 is 10.5 Å². The van der Waals surface area contributed by atoms with Crippen LogP contribution in [0.5, 0.6) is 5.75 Å². The molecule has 0 radical (unpaired) electrons. The Bertz CT molecular complexity index is 768. The first kappa shape index (κ1) is 17.3. The maximum Gasteiger partial charge on any atom is 0.341 e. The minimum atomic E-state index is -0.852. The molecule has 25 heavy (non-hydrogen) atoms. The van der Waals surface area contributed by atoms with Crippen molar-refractivity contribution in [3.63, 3.8) is 0 Å². The van der Waals surface area contributed by atoms with Gasteiger partial charge in [0.15, 0.2) is 0 Å². The van der Waals surface area contributed by atoms with Crippen molar-refractivity contribution in [3.8, 4) is 5.75 Å². The van der Waals surface area contributed by atoms with Gasteiger partial charge in [0.25, 0.3) is 0 Å². The summed E-state index contributed by atoms with van der Waals surface area (Å²) in [5, 5.41) is 9.00. The van der Waals surface area contributed by atoms with Crippen molar-refractivity contribution in [2.75, 3.05) is 26.1 Å². The van der Waals surface area contributed by atoms with Gasteiger partial charge in [-0.15, -0.1) is 0 Å². The van der Waals surface area contributed by atoms with E-state index < -0.39 is 11.9 Å². The number of nitrogen functional groups attached to an aromatic ring is 1. The molecule has 134 valence electrons. The summed E-state index contributed by atoms with van der Waals surface area (Å²) in [6.45, 7) is 2.89. The van der Waals surface area contributed by atoms with E-state index in [0.29, 0.717) is 42.2 Å². The molecule has 2 aliphatic rings. The summed E-state index contributed by atoms with van der Waals surface area (Å²) in [5.74, 6) is -0.764. The summed E-state index contributed by atoms with van der Waals surface area (Å²) in [7, 11) is 1.56. The molecular weight excluding hydrogens is 326 g/mol. The number of carboxylic acid groups (broad SMARTS) is 1. The minimum absolute atomic E-state index is 0.0357. The summed E-state index contributed by atoms with van der Waals surface area (Å²) < 4.78 is 16.0. The number of aliphatic carboxylic acids is 1. The van der Waals surface area contributed by atoms with E-state index in [1.54, 1.807) is 7.11 Å². The van der Waals surface area contributed by atoms with E-state index in [0.717, 1.165) is 16.7 Å². The highest BCUT2D eigenvalue weighted by Crippen LogP contribution is 2.40. The number of hydrogen-bond donors (Lipinski definition) is 2. The first-order valence-electron chi connectivity index (χ1n) is 8.07. The third-order valence-electron chi connectivity index (χ3n) is 4.82. The largest absolute Gasteiger partial charge is 0.496 e. The number of cyclic esters (lactones) is 1. The molecule has 3 rings (SSSR count). The normalized spacial score (nSPS) is 20.6. The maximum absolute atomic E-state index is 12.0. The van der Waals surface area contributed by atoms with Crippen LogP contribution in [0, 0.1) is 12.8 Å². The summed E-state index contributed by atoms with van der Waals surface area (Å²) in [6, 6.07) is 0. The predicted molar refractivity (Wildman–Crippen MR) is 89.6 cm³/mol. The van der Waals surface area contributed by atoms with E-state index in [2.05, 4.69) is 0 Å². The molecule has 1 aromatic rings. The predicted octanol–water partition coefficient (Wildman–Crippen LogP) is 1.85. The molecule has 0 aliphatic carbocycles. The lowest BCUT2D eigenvalue weighted by Crippen LogP contribution is -2.10. The Labute approximate surface area is 145 Å². The molecule has 3 N–H and O–H groups in total. The van der Waals surface area contributed by atoms with Crippen LogP contribution in [0.2, 0.25) is 0 Å². The summed E-state index contributed by atoms with van der Waals surface area (Å²) in [5.41, 5.74) is 10.3. The molecule has 1 unspecified atom stereocenters. The van der Waals surface area contributed by atoms with E-state index in [4.69, 9.17) is 25.1 Å². The molecular formula is C18H21NO6. The number of methoxy groups -OCH3 is 1. The Balaban J connectivity index is 1.96. The van der Waals surface area contributed by atoms with Gasteiger partial charge < -0.3 is 25.1 Å².